The highest BCUT2D eigenvalue weighted by Crippen LogP contribution is 2.39. The number of halogens is 6. The second-order valence-electron chi connectivity index (χ2n) is 8.98. The number of nitrogens with one attached hydrogen (secondary N) is 1. The molecular formula is C25H23F6N3O3. The highest BCUT2D eigenvalue weighted by Gasteiger charge is 2.37. The van der Waals surface area contributed by atoms with Gasteiger partial charge in [-0.15, -0.1) is 0 Å². The maximum Gasteiger partial charge on any atom is 0.416 e. The van der Waals surface area contributed by atoms with Crippen molar-refractivity contribution < 1.29 is 31.1 Å². The van der Waals surface area contributed by atoms with Crippen LogP contribution < -0.4 is 16.0 Å². The average molecular weight is 527 g/mol. The fraction of sp³-hybridized carbons (Fsp3) is 0.360. The molecule has 0 aliphatic carbocycles. The van der Waals surface area contributed by atoms with Crippen LogP contribution in [0.3, 0.4) is 0 Å². The minimum absolute atomic E-state index is 0.0510. The largest absolute Gasteiger partial charge is 0.457 e. The lowest BCUT2D eigenvalue weighted by Crippen LogP contribution is -2.39. The molecule has 1 saturated heterocycles. The zero-order valence-electron chi connectivity index (χ0n) is 19.6. The molecule has 1 aliphatic rings. The quantitative estimate of drug-likeness (QED) is 0.445. The molecule has 37 heavy (non-hydrogen) atoms. The second-order valence-corrected chi connectivity index (χ2v) is 8.98. The highest BCUT2D eigenvalue weighted by molar-refractivity contribution is 5.41. The first kappa shape index (κ1) is 26.5. The van der Waals surface area contributed by atoms with E-state index < -0.39 is 40.5 Å². The number of likely N-dealkylation sites (tertiary alicyclic amines) is 1. The van der Waals surface area contributed by atoms with Gasteiger partial charge in [0.2, 0.25) is 0 Å². The topological polar surface area (TPSA) is 67.3 Å². The van der Waals surface area contributed by atoms with Gasteiger partial charge in [-0.2, -0.15) is 26.3 Å². The Labute approximate surface area is 207 Å². The van der Waals surface area contributed by atoms with Crippen LogP contribution in [0.15, 0.2) is 58.3 Å². The number of aromatic nitrogens is 2. The summed E-state index contributed by atoms with van der Waals surface area (Å²) in [4.78, 5) is 28.2. The van der Waals surface area contributed by atoms with Gasteiger partial charge in [-0.25, -0.2) is 4.79 Å². The van der Waals surface area contributed by atoms with Gasteiger partial charge in [0.25, 0.3) is 5.56 Å². The van der Waals surface area contributed by atoms with E-state index >= 15 is 0 Å². The molecule has 2 heterocycles. The average Bonchev–Trinajstić information content (AvgIpc) is 2.81. The summed E-state index contributed by atoms with van der Waals surface area (Å²) in [5.74, 6) is -0.461. The first-order chi connectivity index (χ1) is 17.3. The Hall–Kier alpha value is -3.54. The summed E-state index contributed by atoms with van der Waals surface area (Å²) in [5.41, 5.74) is -2.57. The number of nitrogens with zero attached hydrogens (tertiary/aromatic N) is 2. The molecule has 1 N–H and O–H groups in total. The van der Waals surface area contributed by atoms with Crippen LogP contribution in [0, 0.1) is 6.92 Å². The van der Waals surface area contributed by atoms with Crippen molar-refractivity contribution in [3.05, 3.63) is 91.8 Å². The molecule has 2 aromatic carbocycles. The SMILES string of the molecule is Cc1cn(C2CCN(Cc3cccc(Oc4cc(C(F)(F)F)cc(C(F)(F)F)c4)c3)CC2)c(=O)[nH]c1=O. The number of H-pyrrole nitrogens is 1. The summed E-state index contributed by atoms with van der Waals surface area (Å²) in [6, 6.07) is 7.46. The number of piperidine rings is 1. The van der Waals surface area contributed by atoms with Gasteiger partial charge < -0.3 is 4.74 Å². The van der Waals surface area contributed by atoms with E-state index in [1.54, 1.807) is 31.3 Å². The summed E-state index contributed by atoms with van der Waals surface area (Å²) < 4.78 is 85.7. The van der Waals surface area contributed by atoms with E-state index in [-0.39, 0.29) is 17.9 Å². The first-order valence-electron chi connectivity index (χ1n) is 11.4. The summed E-state index contributed by atoms with van der Waals surface area (Å²) in [6.45, 7) is 3.38. The van der Waals surface area contributed by atoms with Gasteiger partial charge >= 0.3 is 18.0 Å². The molecule has 6 nitrogen and oxygen atoms in total. The van der Waals surface area contributed by atoms with Crippen molar-refractivity contribution >= 4 is 0 Å². The number of aryl methyl sites for hydroxylation is 1. The van der Waals surface area contributed by atoms with Crippen molar-refractivity contribution in [3.63, 3.8) is 0 Å². The lowest BCUT2D eigenvalue weighted by molar-refractivity contribution is -0.143. The molecule has 0 saturated carbocycles. The standard InChI is InChI=1S/C25H23F6N3O3/c1-15-13-34(23(36)32-22(15)35)19-5-7-33(8-6-19)14-16-3-2-4-20(9-16)37-21-11-17(24(26,27)28)10-18(12-21)25(29,30)31/h2-4,9-13,19H,5-8,14H2,1H3,(H,32,35,36). The number of rotatable bonds is 5. The lowest BCUT2D eigenvalue weighted by atomic mass is 10.0. The highest BCUT2D eigenvalue weighted by atomic mass is 19.4. The van der Waals surface area contributed by atoms with Crippen LogP contribution in [0.1, 0.15) is 41.1 Å². The number of aromatic amines is 1. The monoisotopic (exact) mass is 527 g/mol. The van der Waals surface area contributed by atoms with Crippen LogP contribution in [0.25, 0.3) is 0 Å². The van der Waals surface area contributed by atoms with Crippen LogP contribution in [0.5, 0.6) is 11.5 Å². The molecule has 0 bridgehead atoms. The Morgan fingerprint density at radius 3 is 2.14 bits per heavy atom. The third-order valence-electron chi connectivity index (χ3n) is 6.20. The third-order valence-corrected chi connectivity index (χ3v) is 6.20. The Morgan fingerprint density at radius 1 is 0.919 bits per heavy atom. The molecular weight excluding hydrogens is 504 g/mol. The molecule has 1 aliphatic heterocycles. The number of ether oxygens (including phenoxy) is 1. The smallest absolute Gasteiger partial charge is 0.416 e. The number of alkyl halides is 6. The fourth-order valence-electron chi connectivity index (χ4n) is 4.30. The number of hydrogen-bond acceptors (Lipinski definition) is 4. The van der Waals surface area contributed by atoms with Crippen LogP contribution in [-0.4, -0.2) is 27.5 Å². The molecule has 4 rings (SSSR count). The van der Waals surface area contributed by atoms with E-state index in [0.29, 0.717) is 50.2 Å². The number of benzene rings is 2. The molecule has 0 spiro atoms. The predicted octanol–water partition coefficient (Wildman–Crippen LogP) is 5.51. The van der Waals surface area contributed by atoms with Gasteiger partial charge in [0.05, 0.1) is 11.1 Å². The van der Waals surface area contributed by atoms with E-state index in [4.69, 9.17) is 4.74 Å². The Morgan fingerprint density at radius 2 is 1.54 bits per heavy atom. The Bertz CT molecular complexity index is 1350. The minimum atomic E-state index is -4.97. The zero-order chi connectivity index (χ0) is 27.0. The minimum Gasteiger partial charge on any atom is -0.457 e. The summed E-state index contributed by atoms with van der Waals surface area (Å²) in [5, 5.41) is 0. The maximum absolute atomic E-state index is 13.1. The van der Waals surface area contributed by atoms with Crippen molar-refractivity contribution in [1.82, 2.24) is 14.5 Å². The molecule has 3 aromatic rings. The van der Waals surface area contributed by atoms with Gasteiger partial charge in [0, 0.05) is 37.4 Å². The van der Waals surface area contributed by atoms with Crippen molar-refractivity contribution in [2.75, 3.05) is 13.1 Å². The molecule has 198 valence electrons. The van der Waals surface area contributed by atoms with E-state index in [9.17, 15) is 35.9 Å². The van der Waals surface area contributed by atoms with Gasteiger partial charge in [0.1, 0.15) is 11.5 Å². The van der Waals surface area contributed by atoms with Crippen LogP contribution in [-0.2, 0) is 18.9 Å². The molecule has 0 unspecified atom stereocenters. The van der Waals surface area contributed by atoms with Crippen molar-refractivity contribution in [1.29, 1.82) is 0 Å². The molecule has 1 fully saturated rings. The second kappa shape index (κ2) is 10.1. The summed E-state index contributed by atoms with van der Waals surface area (Å²) in [7, 11) is 0. The molecule has 0 atom stereocenters. The normalized spacial score (nSPS) is 15.6. The van der Waals surface area contributed by atoms with E-state index in [1.165, 1.54) is 10.6 Å². The third kappa shape index (κ3) is 6.43. The summed E-state index contributed by atoms with van der Waals surface area (Å²) in [6.07, 6.45) is -7.06. The van der Waals surface area contributed by atoms with E-state index in [1.807, 2.05) is 0 Å². The van der Waals surface area contributed by atoms with Crippen LogP contribution in [0.2, 0.25) is 0 Å². The van der Waals surface area contributed by atoms with Gasteiger partial charge in [-0.1, -0.05) is 12.1 Å². The van der Waals surface area contributed by atoms with Gasteiger partial charge in [-0.05, 0) is 55.7 Å². The summed E-state index contributed by atoms with van der Waals surface area (Å²) >= 11 is 0. The Kier molecular flexibility index (Phi) is 7.22. The maximum atomic E-state index is 13.1. The van der Waals surface area contributed by atoms with E-state index in [0.717, 1.165) is 5.56 Å². The van der Waals surface area contributed by atoms with E-state index in [2.05, 4.69) is 9.88 Å². The lowest BCUT2D eigenvalue weighted by Gasteiger charge is -2.32. The zero-order valence-corrected chi connectivity index (χ0v) is 19.6. The first-order valence-corrected chi connectivity index (χ1v) is 11.4. The molecule has 1 aromatic heterocycles. The van der Waals surface area contributed by atoms with Crippen molar-refractivity contribution in [2.24, 2.45) is 0 Å². The molecule has 12 heteroatoms. The molecule has 0 amide bonds. The van der Waals surface area contributed by atoms with Crippen LogP contribution >= 0.6 is 0 Å². The van der Waals surface area contributed by atoms with Gasteiger partial charge in [-0.3, -0.25) is 19.2 Å². The number of hydrogen-bond donors (Lipinski definition) is 1. The van der Waals surface area contributed by atoms with Crippen molar-refractivity contribution in [2.45, 2.75) is 44.7 Å². The van der Waals surface area contributed by atoms with Crippen molar-refractivity contribution in [3.8, 4) is 11.5 Å². The molecule has 0 radical (unpaired) electrons. The predicted molar refractivity (Wildman–Crippen MR) is 123 cm³/mol. The van der Waals surface area contributed by atoms with Gasteiger partial charge in [0.15, 0.2) is 0 Å². The fourth-order valence-corrected chi connectivity index (χ4v) is 4.30. The Balaban J connectivity index is 1.45. The van der Waals surface area contributed by atoms with Crippen LogP contribution in [0.4, 0.5) is 26.3 Å².